The van der Waals surface area contributed by atoms with Crippen LogP contribution in [0.15, 0.2) is 46.1 Å². The van der Waals surface area contributed by atoms with Crippen LogP contribution in [0.5, 0.6) is 0 Å². The predicted molar refractivity (Wildman–Crippen MR) is 102 cm³/mol. The van der Waals surface area contributed by atoms with E-state index in [9.17, 15) is 13.2 Å². The van der Waals surface area contributed by atoms with E-state index in [1.165, 1.54) is 16.2 Å². The molecule has 0 aliphatic carbocycles. The second-order valence-electron chi connectivity index (χ2n) is 6.24. The first-order valence-corrected chi connectivity index (χ1v) is 10.2. The molecule has 0 saturated carbocycles. The van der Waals surface area contributed by atoms with Gasteiger partial charge in [-0.05, 0) is 55.7 Å². The van der Waals surface area contributed by atoms with Gasteiger partial charge in [0.05, 0.1) is 15.1 Å². The first kappa shape index (κ1) is 17.8. The summed E-state index contributed by atoms with van der Waals surface area (Å²) in [6.45, 7) is 5.85. The maximum absolute atomic E-state index is 12.7. The summed E-state index contributed by atoms with van der Waals surface area (Å²) in [6, 6.07) is 10.3. The summed E-state index contributed by atoms with van der Waals surface area (Å²) in [5.41, 5.74) is 3.94. The van der Waals surface area contributed by atoms with Crippen molar-refractivity contribution in [3.05, 3.63) is 62.8 Å². The maximum atomic E-state index is 12.7. The van der Waals surface area contributed by atoms with Crippen molar-refractivity contribution >= 4 is 31.6 Å². The van der Waals surface area contributed by atoms with Gasteiger partial charge in [-0.25, -0.2) is 13.1 Å². The Morgan fingerprint density at radius 3 is 2.48 bits per heavy atom. The van der Waals surface area contributed by atoms with Gasteiger partial charge in [0.1, 0.15) is 0 Å². The standard InChI is InChI=1S/C18H20N2O3S2/c1-11-5-6-14(9-12(11)2)13(3)19-25(22,23)15-7-8-16-17(10-15)24-18(21)20(16)4/h5-10,13,19H,1-4H3/t13-/m1/s1. The van der Waals surface area contributed by atoms with E-state index in [4.69, 9.17) is 0 Å². The third-order valence-corrected chi connectivity index (χ3v) is 6.97. The van der Waals surface area contributed by atoms with Crippen molar-refractivity contribution in [3.8, 4) is 0 Å². The van der Waals surface area contributed by atoms with Gasteiger partial charge in [0.2, 0.25) is 10.0 Å². The van der Waals surface area contributed by atoms with Crippen LogP contribution in [-0.2, 0) is 17.1 Å². The lowest BCUT2D eigenvalue weighted by molar-refractivity contribution is 0.567. The van der Waals surface area contributed by atoms with E-state index in [1.54, 1.807) is 19.2 Å². The molecule has 0 aliphatic rings. The van der Waals surface area contributed by atoms with Gasteiger partial charge in [0.15, 0.2) is 0 Å². The van der Waals surface area contributed by atoms with E-state index in [1.807, 2.05) is 39.0 Å². The second-order valence-corrected chi connectivity index (χ2v) is 8.95. The Labute approximate surface area is 151 Å². The van der Waals surface area contributed by atoms with E-state index in [2.05, 4.69) is 4.72 Å². The third kappa shape index (κ3) is 3.40. The minimum Gasteiger partial charge on any atom is -0.302 e. The molecule has 2 aromatic carbocycles. The van der Waals surface area contributed by atoms with Crippen LogP contribution in [0.4, 0.5) is 0 Å². The Bertz CT molecular complexity index is 1110. The molecule has 0 fully saturated rings. The van der Waals surface area contributed by atoms with Gasteiger partial charge in [0.25, 0.3) is 0 Å². The summed E-state index contributed by atoms with van der Waals surface area (Å²) in [4.78, 5) is 11.8. The number of aromatic nitrogens is 1. The average molecular weight is 377 g/mol. The molecule has 132 valence electrons. The lowest BCUT2D eigenvalue weighted by Gasteiger charge is -2.16. The van der Waals surface area contributed by atoms with Crippen LogP contribution in [0, 0.1) is 13.8 Å². The Balaban J connectivity index is 1.93. The van der Waals surface area contributed by atoms with Gasteiger partial charge in [-0.2, -0.15) is 0 Å². The molecule has 0 radical (unpaired) electrons. The van der Waals surface area contributed by atoms with Crippen molar-refractivity contribution in [2.75, 3.05) is 0 Å². The number of hydrogen-bond acceptors (Lipinski definition) is 4. The Morgan fingerprint density at radius 2 is 1.80 bits per heavy atom. The first-order chi connectivity index (χ1) is 11.7. The number of benzene rings is 2. The molecule has 0 bridgehead atoms. The lowest BCUT2D eigenvalue weighted by Crippen LogP contribution is -2.27. The van der Waals surface area contributed by atoms with Gasteiger partial charge in [-0.1, -0.05) is 29.5 Å². The number of sulfonamides is 1. The van der Waals surface area contributed by atoms with E-state index < -0.39 is 10.0 Å². The molecule has 7 heteroatoms. The zero-order valence-corrected chi connectivity index (χ0v) is 16.2. The van der Waals surface area contributed by atoms with Crippen LogP contribution in [0.3, 0.4) is 0 Å². The maximum Gasteiger partial charge on any atom is 0.307 e. The fourth-order valence-electron chi connectivity index (χ4n) is 2.68. The largest absolute Gasteiger partial charge is 0.307 e. The molecule has 0 unspecified atom stereocenters. The van der Waals surface area contributed by atoms with Crippen molar-refractivity contribution in [2.24, 2.45) is 7.05 Å². The van der Waals surface area contributed by atoms with Crippen molar-refractivity contribution < 1.29 is 8.42 Å². The van der Waals surface area contributed by atoms with Crippen LogP contribution in [-0.4, -0.2) is 13.0 Å². The van der Waals surface area contributed by atoms with Crippen LogP contribution in [0.1, 0.15) is 29.7 Å². The second kappa shape index (κ2) is 6.40. The van der Waals surface area contributed by atoms with Gasteiger partial charge in [-0.15, -0.1) is 0 Å². The van der Waals surface area contributed by atoms with Crippen LogP contribution in [0.25, 0.3) is 10.2 Å². The van der Waals surface area contributed by atoms with E-state index in [0.29, 0.717) is 4.70 Å². The summed E-state index contributed by atoms with van der Waals surface area (Å²) < 4.78 is 30.3. The lowest BCUT2D eigenvalue weighted by atomic mass is 10.0. The number of thiazole rings is 1. The normalized spacial score (nSPS) is 13.3. The number of hydrogen-bond donors (Lipinski definition) is 1. The average Bonchev–Trinajstić information content (AvgIpc) is 2.83. The monoisotopic (exact) mass is 376 g/mol. The number of fused-ring (bicyclic) bond motifs is 1. The first-order valence-electron chi connectivity index (χ1n) is 7.88. The van der Waals surface area contributed by atoms with Crippen molar-refractivity contribution in [1.82, 2.24) is 9.29 Å². The highest BCUT2D eigenvalue weighted by Gasteiger charge is 2.20. The minimum absolute atomic E-state index is 0.110. The summed E-state index contributed by atoms with van der Waals surface area (Å²) in [5.74, 6) is 0. The van der Waals surface area contributed by atoms with Gasteiger partial charge < -0.3 is 4.57 Å². The number of rotatable bonds is 4. The van der Waals surface area contributed by atoms with Crippen molar-refractivity contribution in [2.45, 2.75) is 31.7 Å². The number of nitrogens with one attached hydrogen (secondary N) is 1. The number of nitrogens with zero attached hydrogens (tertiary/aromatic N) is 1. The molecular formula is C18H20N2O3S2. The van der Waals surface area contributed by atoms with Crippen molar-refractivity contribution in [1.29, 1.82) is 0 Å². The summed E-state index contributed by atoms with van der Waals surface area (Å²) >= 11 is 1.04. The van der Waals surface area contributed by atoms with Crippen LogP contribution < -0.4 is 9.60 Å². The minimum atomic E-state index is -3.68. The molecule has 1 heterocycles. The van der Waals surface area contributed by atoms with Crippen molar-refractivity contribution in [3.63, 3.8) is 0 Å². The fourth-order valence-corrected chi connectivity index (χ4v) is 4.94. The summed E-state index contributed by atoms with van der Waals surface area (Å²) in [5, 5.41) is 0. The molecule has 3 aromatic rings. The zero-order chi connectivity index (χ0) is 18.4. The van der Waals surface area contributed by atoms with E-state index >= 15 is 0 Å². The predicted octanol–water partition coefficient (Wildman–Crippen LogP) is 3.26. The molecular weight excluding hydrogens is 356 g/mol. The molecule has 0 saturated heterocycles. The molecule has 5 nitrogen and oxygen atoms in total. The molecule has 25 heavy (non-hydrogen) atoms. The molecule has 1 N–H and O–H groups in total. The molecule has 1 atom stereocenters. The van der Waals surface area contributed by atoms with Crippen LogP contribution >= 0.6 is 11.3 Å². The van der Waals surface area contributed by atoms with Gasteiger partial charge in [-0.3, -0.25) is 4.79 Å². The molecule has 0 amide bonds. The highest BCUT2D eigenvalue weighted by atomic mass is 32.2. The Hall–Kier alpha value is -1.96. The third-order valence-electron chi connectivity index (χ3n) is 4.44. The Kier molecular flexibility index (Phi) is 4.57. The van der Waals surface area contributed by atoms with Crippen LogP contribution in [0.2, 0.25) is 0 Å². The summed E-state index contributed by atoms with van der Waals surface area (Å²) in [7, 11) is -2.00. The quantitative estimate of drug-likeness (QED) is 0.760. The molecule has 3 rings (SSSR count). The SMILES string of the molecule is Cc1ccc([C@@H](C)NS(=O)(=O)c2ccc3c(c2)sc(=O)n3C)cc1C. The molecule has 1 aromatic heterocycles. The fraction of sp³-hybridized carbons (Fsp3) is 0.278. The topological polar surface area (TPSA) is 68.2 Å². The number of aryl methyl sites for hydroxylation is 3. The highest BCUT2D eigenvalue weighted by molar-refractivity contribution is 7.89. The molecule has 0 aliphatic heterocycles. The zero-order valence-electron chi connectivity index (χ0n) is 14.5. The smallest absolute Gasteiger partial charge is 0.302 e. The Morgan fingerprint density at radius 1 is 1.08 bits per heavy atom. The van der Waals surface area contributed by atoms with E-state index in [0.717, 1.165) is 28.0 Å². The van der Waals surface area contributed by atoms with Gasteiger partial charge in [0, 0.05) is 13.1 Å². The molecule has 0 spiro atoms. The highest BCUT2D eigenvalue weighted by Crippen LogP contribution is 2.23. The van der Waals surface area contributed by atoms with Gasteiger partial charge >= 0.3 is 4.87 Å². The van der Waals surface area contributed by atoms with E-state index in [-0.39, 0.29) is 15.8 Å². The summed E-state index contributed by atoms with van der Waals surface area (Å²) in [6.07, 6.45) is 0.